The minimum atomic E-state index is -4.67. The van der Waals surface area contributed by atoms with Gasteiger partial charge in [-0.05, 0) is 57.2 Å². The molecule has 1 heterocycles. The summed E-state index contributed by atoms with van der Waals surface area (Å²) in [5, 5.41) is 0. The maximum absolute atomic E-state index is 12.2. The number of ether oxygens (including phenoxy) is 2. The number of rotatable bonds is 2. The molecule has 0 atom stereocenters. The summed E-state index contributed by atoms with van der Waals surface area (Å²) in [6, 6.07) is 6.06. The van der Waals surface area contributed by atoms with Crippen molar-refractivity contribution in [2.24, 2.45) is 5.41 Å². The summed E-state index contributed by atoms with van der Waals surface area (Å²) >= 11 is 0. The Balaban J connectivity index is 1.48. The Kier molecular flexibility index (Phi) is 4.16. The van der Waals surface area contributed by atoms with Crippen LogP contribution in [0.4, 0.5) is 18.0 Å². The van der Waals surface area contributed by atoms with Crippen molar-refractivity contribution in [2.75, 3.05) is 13.1 Å². The molecule has 0 radical (unpaired) electrons. The minimum absolute atomic E-state index is 0.142. The number of amides is 1. The summed E-state index contributed by atoms with van der Waals surface area (Å²) in [4.78, 5) is 13.7. The first kappa shape index (κ1) is 17.9. The van der Waals surface area contributed by atoms with E-state index in [1.165, 1.54) is 12.1 Å². The zero-order valence-corrected chi connectivity index (χ0v) is 14.5. The van der Waals surface area contributed by atoms with E-state index < -0.39 is 12.0 Å². The average molecular weight is 357 g/mol. The first-order valence-corrected chi connectivity index (χ1v) is 8.28. The van der Waals surface area contributed by atoms with Crippen molar-refractivity contribution < 1.29 is 27.4 Å². The third-order valence-electron chi connectivity index (χ3n) is 4.65. The summed E-state index contributed by atoms with van der Waals surface area (Å²) in [5.74, 6) is 0.116. The largest absolute Gasteiger partial charge is 0.573 e. The van der Waals surface area contributed by atoms with Crippen LogP contribution in [0.3, 0.4) is 0 Å². The van der Waals surface area contributed by atoms with Gasteiger partial charge in [-0.2, -0.15) is 0 Å². The molecule has 0 N–H and O–H groups in total. The minimum Gasteiger partial charge on any atom is -0.444 e. The maximum Gasteiger partial charge on any atom is 0.573 e. The fourth-order valence-electron chi connectivity index (χ4n) is 3.64. The normalized spacial score (nSPS) is 20.0. The molecule has 1 aromatic carbocycles. The maximum atomic E-state index is 12.2. The smallest absolute Gasteiger partial charge is 0.444 e. The van der Waals surface area contributed by atoms with Gasteiger partial charge < -0.3 is 14.4 Å². The monoisotopic (exact) mass is 357 g/mol. The second kappa shape index (κ2) is 5.81. The molecule has 1 amide bonds. The molecule has 1 spiro atoms. The fourth-order valence-corrected chi connectivity index (χ4v) is 3.64. The topological polar surface area (TPSA) is 38.8 Å². The lowest BCUT2D eigenvalue weighted by Crippen LogP contribution is -2.63. The van der Waals surface area contributed by atoms with Gasteiger partial charge in [0.2, 0.25) is 0 Å². The standard InChI is InChI=1S/C18H22F3NO3/c1-16(2,3)25-15(23)22-10-17(11-22)8-13(9-17)12-4-6-14(7-5-12)24-18(19,20)21/h4-7,13H,8-11H2,1-3H3. The number of halogens is 3. The highest BCUT2D eigenvalue weighted by Crippen LogP contribution is 2.56. The lowest BCUT2D eigenvalue weighted by molar-refractivity contribution is -0.274. The molecule has 0 bridgehead atoms. The van der Waals surface area contributed by atoms with Gasteiger partial charge in [0.25, 0.3) is 0 Å². The third-order valence-corrected chi connectivity index (χ3v) is 4.65. The highest BCUT2D eigenvalue weighted by Gasteiger charge is 2.54. The molecule has 4 nitrogen and oxygen atoms in total. The van der Waals surface area contributed by atoms with Gasteiger partial charge in [0.05, 0.1) is 0 Å². The van der Waals surface area contributed by atoms with Crippen molar-refractivity contribution in [1.29, 1.82) is 0 Å². The van der Waals surface area contributed by atoms with Gasteiger partial charge in [0, 0.05) is 18.5 Å². The average Bonchev–Trinajstić information content (AvgIpc) is 2.33. The highest BCUT2D eigenvalue weighted by molar-refractivity contribution is 5.69. The van der Waals surface area contributed by atoms with Gasteiger partial charge in [-0.25, -0.2) is 4.79 Å². The van der Waals surface area contributed by atoms with E-state index in [4.69, 9.17) is 4.74 Å². The molecule has 1 aliphatic heterocycles. The quantitative estimate of drug-likeness (QED) is 0.770. The number of hydrogen-bond acceptors (Lipinski definition) is 3. The Hall–Kier alpha value is -1.92. The fraction of sp³-hybridized carbons (Fsp3) is 0.611. The van der Waals surface area contributed by atoms with Crippen LogP contribution in [0.15, 0.2) is 24.3 Å². The lowest BCUT2D eigenvalue weighted by atomic mass is 9.56. The van der Waals surface area contributed by atoms with Crippen LogP contribution in [0.2, 0.25) is 0 Å². The molecule has 1 saturated heterocycles. The van der Waals surface area contributed by atoms with Gasteiger partial charge in [0.1, 0.15) is 11.4 Å². The predicted molar refractivity (Wildman–Crippen MR) is 85.3 cm³/mol. The number of hydrogen-bond donors (Lipinski definition) is 0. The summed E-state index contributed by atoms with van der Waals surface area (Å²) in [7, 11) is 0. The molecule has 138 valence electrons. The van der Waals surface area contributed by atoms with Crippen LogP contribution in [0, 0.1) is 5.41 Å². The number of carbonyl (C=O) groups excluding carboxylic acids is 1. The summed E-state index contributed by atoms with van der Waals surface area (Å²) in [5.41, 5.74) is 0.654. The number of benzene rings is 1. The van der Waals surface area contributed by atoms with E-state index in [0.717, 1.165) is 18.4 Å². The molecule has 0 aromatic heterocycles. The Bertz CT molecular complexity index is 635. The van der Waals surface area contributed by atoms with Crippen LogP contribution in [-0.2, 0) is 4.74 Å². The Morgan fingerprint density at radius 1 is 1.12 bits per heavy atom. The Morgan fingerprint density at radius 3 is 2.16 bits per heavy atom. The number of carbonyl (C=O) groups is 1. The molecule has 0 unspecified atom stereocenters. The van der Waals surface area contributed by atoms with E-state index in [1.807, 2.05) is 20.8 Å². The molecule has 2 fully saturated rings. The molecule has 1 aliphatic carbocycles. The SMILES string of the molecule is CC(C)(C)OC(=O)N1CC2(CC(c3ccc(OC(F)(F)F)cc3)C2)C1. The van der Waals surface area contributed by atoms with Crippen LogP contribution in [0.5, 0.6) is 5.75 Å². The van der Waals surface area contributed by atoms with Crippen LogP contribution in [0.1, 0.15) is 45.1 Å². The van der Waals surface area contributed by atoms with E-state index in [0.29, 0.717) is 19.0 Å². The molecule has 1 saturated carbocycles. The van der Waals surface area contributed by atoms with Crippen LogP contribution >= 0.6 is 0 Å². The van der Waals surface area contributed by atoms with Gasteiger partial charge in [-0.3, -0.25) is 0 Å². The molecule has 2 aliphatic rings. The van der Waals surface area contributed by atoms with Gasteiger partial charge in [-0.1, -0.05) is 12.1 Å². The van der Waals surface area contributed by atoms with Gasteiger partial charge >= 0.3 is 12.5 Å². The third kappa shape index (κ3) is 4.19. The molecule has 25 heavy (non-hydrogen) atoms. The van der Waals surface area contributed by atoms with E-state index in [1.54, 1.807) is 17.0 Å². The first-order valence-electron chi connectivity index (χ1n) is 8.28. The van der Waals surface area contributed by atoms with Crippen LogP contribution in [0.25, 0.3) is 0 Å². The zero-order valence-electron chi connectivity index (χ0n) is 14.5. The molecule has 7 heteroatoms. The van der Waals surface area contributed by atoms with Gasteiger partial charge in [-0.15, -0.1) is 13.2 Å². The molecular weight excluding hydrogens is 335 g/mol. The van der Waals surface area contributed by atoms with E-state index in [9.17, 15) is 18.0 Å². The molecule has 3 rings (SSSR count). The number of alkyl halides is 3. The van der Waals surface area contributed by atoms with Gasteiger partial charge in [0.15, 0.2) is 0 Å². The summed E-state index contributed by atoms with van der Waals surface area (Å²) < 4.78 is 45.8. The van der Waals surface area contributed by atoms with E-state index >= 15 is 0 Å². The zero-order chi connectivity index (χ0) is 18.5. The van der Waals surface area contributed by atoms with Crippen molar-refractivity contribution in [3.05, 3.63) is 29.8 Å². The predicted octanol–water partition coefficient (Wildman–Crippen LogP) is 4.70. The van der Waals surface area contributed by atoms with Crippen LogP contribution < -0.4 is 4.74 Å². The second-order valence-electron chi connectivity index (χ2n) is 8.06. The van der Waals surface area contributed by atoms with Crippen molar-refractivity contribution in [3.8, 4) is 5.75 Å². The number of likely N-dealkylation sites (tertiary alicyclic amines) is 1. The highest BCUT2D eigenvalue weighted by atomic mass is 19.4. The van der Waals surface area contributed by atoms with Crippen molar-refractivity contribution in [1.82, 2.24) is 4.90 Å². The summed E-state index contributed by atoms with van der Waals surface area (Å²) in [6.07, 6.45) is -3.08. The second-order valence-corrected chi connectivity index (χ2v) is 8.06. The van der Waals surface area contributed by atoms with Crippen molar-refractivity contribution in [2.45, 2.75) is 51.5 Å². The Labute approximate surface area is 144 Å². The Morgan fingerprint density at radius 2 is 1.68 bits per heavy atom. The lowest BCUT2D eigenvalue weighted by Gasteiger charge is -2.58. The van der Waals surface area contributed by atoms with Crippen molar-refractivity contribution >= 4 is 6.09 Å². The molecule has 1 aromatic rings. The van der Waals surface area contributed by atoms with Crippen molar-refractivity contribution in [3.63, 3.8) is 0 Å². The van der Waals surface area contributed by atoms with E-state index in [-0.39, 0.29) is 17.3 Å². The number of nitrogens with zero attached hydrogens (tertiary/aromatic N) is 1. The summed E-state index contributed by atoms with van der Waals surface area (Å²) in [6.45, 7) is 6.89. The first-order chi connectivity index (χ1) is 11.4. The van der Waals surface area contributed by atoms with E-state index in [2.05, 4.69) is 4.74 Å². The molecular formula is C18H22F3NO3. The van der Waals surface area contributed by atoms with Crippen LogP contribution in [-0.4, -0.2) is 36.0 Å².